The van der Waals surface area contributed by atoms with Crippen LogP contribution in [0, 0.1) is 11.6 Å². The van der Waals surface area contributed by atoms with Crippen molar-refractivity contribution in [3.63, 3.8) is 0 Å². The van der Waals surface area contributed by atoms with Gasteiger partial charge in [0.15, 0.2) is 5.96 Å². The highest BCUT2D eigenvalue weighted by molar-refractivity contribution is 14.0. The Morgan fingerprint density at radius 3 is 2.53 bits per heavy atom. The predicted molar refractivity (Wildman–Crippen MR) is 132 cm³/mol. The summed E-state index contributed by atoms with van der Waals surface area (Å²) in [5.74, 6) is -0.0133. The van der Waals surface area contributed by atoms with Crippen molar-refractivity contribution < 1.29 is 18.3 Å². The summed E-state index contributed by atoms with van der Waals surface area (Å²) in [5.41, 5.74) is 0.956. The largest absolute Gasteiger partial charge is 0.497 e. The van der Waals surface area contributed by atoms with E-state index in [-0.39, 0.29) is 35.9 Å². The molecule has 0 aromatic heterocycles. The molecule has 1 saturated heterocycles. The number of hydrogen-bond donors (Lipinski definition) is 3. The first-order valence-electron chi connectivity index (χ1n) is 10.1. The average molecular weight is 559 g/mol. The van der Waals surface area contributed by atoms with E-state index >= 15 is 0 Å². The summed E-state index contributed by atoms with van der Waals surface area (Å²) in [7, 11) is 3.24. The number of guanidine groups is 1. The SMILES string of the molecule is CN=C(NCCNC(=O)c1ccc(OC)cc1)NC1CCN(c2ccc(F)cc2F)C1.I. The molecule has 32 heavy (non-hydrogen) atoms. The number of hydrogen-bond acceptors (Lipinski definition) is 4. The second-order valence-electron chi connectivity index (χ2n) is 7.16. The third-order valence-corrected chi connectivity index (χ3v) is 5.06. The van der Waals surface area contributed by atoms with Gasteiger partial charge in [-0.2, -0.15) is 0 Å². The maximum absolute atomic E-state index is 14.0. The molecule has 174 valence electrons. The van der Waals surface area contributed by atoms with Crippen molar-refractivity contribution >= 4 is 41.5 Å². The molecular weight excluding hydrogens is 531 g/mol. The molecule has 0 saturated carbocycles. The third-order valence-electron chi connectivity index (χ3n) is 5.06. The van der Waals surface area contributed by atoms with Crippen molar-refractivity contribution in [2.24, 2.45) is 4.99 Å². The molecule has 1 atom stereocenters. The van der Waals surface area contributed by atoms with E-state index in [0.717, 1.165) is 12.5 Å². The lowest BCUT2D eigenvalue weighted by Gasteiger charge is -2.21. The van der Waals surface area contributed by atoms with Gasteiger partial charge in [-0.3, -0.25) is 9.79 Å². The van der Waals surface area contributed by atoms with Crippen LogP contribution in [0.3, 0.4) is 0 Å². The Hall–Kier alpha value is -2.63. The van der Waals surface area contributed by atoms with Crippen LogP contribution in [0.15, 0.2) is 47.5 Å². The number of aliphatic imine (C=N–C) groups is 1. The molecule has 0 radical (unpaired) electrons. The minimum Gasteiger partial charge on any atom is -0.497 e. The zero-order valence-electron chi connectivity index (χ0n) is 18.0. The number of carbonyl (C=O) groups is 1. The number of amides is 1. The Kier molecular flexibility index (Phi) is 9.95. The van der Waals surface area contributed by atoms with Gasteiger partial charge >= 0.3 is 0 Å². The normalized spacial score (nSPS) is 15.7. The van der Waals surface area contributed by atoms with Crippen molar-refractivity contribution in [2.45, 2.75) is 12.5 Å². The molecule has 0 bridgehead atoms. The molecule has 3 N–H and O–H groups in total. The summed E-state index contributed by atoms with van der Waals surface area (Å²) in [6.45, 7) is 2.15. The monoisotopic (exact) mass is 559 g/mol. The second kappa shape index (κ2) is 12.4. The van der Waals surface area contributed by atoms with E-state index in [2.05, 4.69) is 20.9 Å². The van der Waals surface area contributed by atoms with Crippen molar-refractivity contribution in [3.05, 3.63) is 59.7 Å². The molecular formula is C22H28F2IN5O2. The van der Waals surface area contributed by atoms with Crippen LogP contribution in [0.4, 0.5) is 14.5 Å². The van der Waals surface area contributed by atoms with Gasteiger partial charge in [-0.15, -0.1) is 24.0 Å². The maximum Gasteiger partial charge on any atom is 0.251 e. The lowest BCUT2D eigenvalue weighted by atomic mass is 10.2. The van der Waals surface area contributed by atoms with Crippen LogP contribution in [0.5, 0.6) is 5.75 Å². The van der Waals surface area contributed by atoms with Gasteiger partial charge in [0.2, 0.25) is 0 Å². The average Bonchev–Trinajstić information content (AvgIpc) is 3.23. The second-order valence-corrected chi connectivity index (χ2v) is 7.16. The van der Waals surface area contributed by atoms with Crippen molar-refractivity contribution in [1.82, 2.24) is 16.0 Å². The molecule has 2 aromatic carbocycles. The van der Waals surface area contributed by atoms with Gasteiger partial charge in [-0.1, -0.05) is 0 Å². The van der Waals surface area contributed by atoms with Crippen LogP contribution in [0.1, 0.15) is 16.8 Å². The molecule has 1 aliphatic heterocycles. The standard InChI is InChI=1S/C22H27F2N5O2.HI/c1-25-22(27-11-10-26-21(30)15-3-6-18(31-2)7-4-15)28-17-9-12-29(14-17)20-8-5-16(23)13-19(20)24;/h3-8,13,17H,9-12,14H2,1-2H3,(H,26,30)(H2,25,27,28);1H. The zero-order chi connectivity index (χ0) is 22.2. The summed E-state index contributed by atoms with van der Waals surface area (Å²) in [5, 5.41) is 9.30. The summed E-state index contributed by atoms with van der Waals surface area (Å²) in [6, 6.07) is 10.6. The lowest BCUT2D eigenvalue weighted by Crippen LogP contribution is -2.46. The van der Waals surface area contributed by atoms with Crippen LogP contribution in [0.25, 0.3) is 0 Å². The Labute approximate surface area is 203 Å². The predicted octanol–water partition coefficient (Wildman–Crippen LogP) is 2.77. The van der Waals surface area contributed by atoms with Gasteiger partial charge in [-0.25, -0.2) is 8.78 Å². The minimum atomic E-state index is -0.584. The molecule has 1 fully saturated rings. The third kappa shape index (κ3) is 6.94. The summed E-state index contributed by atoms with van der Waals surface area (Å²) in [4.78, 5) is 18.3. The zero-order valence-corrected chi connectivity index (χ0v) is 20.4. The number of anilines is 1. The van der Waals surface area contributed by atoms with Crippen LogP contribution in [-0.2, 0) is 0 Å². The molecule has 3 rings (SSSR count). The molecule has 0 spiro atoms. The van der Waals surface area contributed by atoms with E-state index in [4.69, 9.17) is 4.74 Å². The highest BCUT2D eigenvalue weighted by atomic mass is 127. The van der Waals surface area contributed by atoms with E-state index < -0.39 is 11.6 Å². The van der Waals surface area contributed by atoms with Gasteiger partial charge in [0, 0.05) is 50.9 Å². The number of methoxy groups -OCH3 is 1. The fraction of sp³-hybridized carbons (Fsp3) is 0.364. The number of benzene rings is 2. The van der Waals surface area contributed by atoms with Crippen molar-refractivity contribution in [2.75, 3.05) is 45.2 Å². The number of ether oxygens (including phenoxy) is 1. The van der Waals surface area contributed by atoms with Gasteiger partial charge in [0.1, 0.15) is 17.4 Å². The number of rotatable bonds is 7. The lowest BCUT2D eigenvalue weighted by molar-refractivity contribution is 0.0954. The quantitative estimate of drug-likeness (QED) is 0.211. The highest BCUT2D eigenvalue weighted by Crippen LogP contribution is 2.24. The van der Waals surface area contributed by atoms with Gasteiger partial charge in [0.05, 0.1) is 12.8 Å². The summed E-state index contributed by atoms with van der Waals surface area (Å²) in [6.07, 6.45) is 0.797. The van der Waals surface area contributed by atoms with E-state index in [1.165, 1.54) is 12.1 Å². The van der Waals surface area contributed by atoms with Gasteiger partial charge < -0.3 is 25.6 Å². The van der Waals surface area contributed by atoms with Gasteiger partial charge in [-0.05, 0) is 42.8 Å². The Bertz CT molecular complexity index is 927. The van der Waals surface area contributed by atoms with E-state index in [1.54, 1.807) is 38.4 Å². The van der Waals surface area contributed by atoms with Gasteiger partial charge in [0.25, 0.3) is 5.91 Å². The van der Waals surface area contributed by atoms with E-state index in [9.17, 15) is 13.6 Å². The fourth-order valence-corrected chi connectivity index (χ4v) is 3.42. The molecule has 7 nitrogen and oxygen atoms in total. The number of nitrogens with zero attached hydrogens (tertiary/aromatic N) is 2. The maximum atomic E-state index is 14.0. The number of halogens is 3. The highest BCUT2D eigenvalue weighted by Gasteiger charge is 2.25. The summed E-state index contributed by atoms with van der Waals surface area (Å²) >= 11 is 0. The van der Waals surface area contributed by atoms with E-state index in [0.29, 0.717) is 49.1 Å². The molecule has 0 aliphatic carbocycles. The fourth-order valence-electron chi connectivity index (χ4n) is 3.42. The Morgan fingerprint density at radius 2 is 1.88 bits per heavy atom. The molecule has 1 heterocycles. The smallest absolute Gasteiger partial charge is 0.251 e. The Morgan fingerprint density at radius 1 is 1.16 bits per heavy atom. The topological polar surface area (TPSA) is 78.0 Å². The van der Waals surface area contributed by atoms with Crippen LogP contribution < -0.4 is 25.6 Å². The minimum absolute atomic E-state index is 0. The van der Waals surface area contributed by atoms with Crippen LogP contribution in [-0.4, -0.2) is 58.2 Å². The molecule has 2 aromatic rings. The first-order valence-corrected chi connectivity index (χ1v) is 10.1. The summed E-state index contributed by atoms with van der Waals surface area (Å²) < 4.78 is 32.2. The number of nitrogens with one attached hydrogen (secondary N) is 3. The first-order chi connectivity index (χ1) is 15.0. The van der Waals surface area contributed by atoms with E-state index in [1.807, 2.05) is 4.90 Å². The molecule has 1 unspecified atom stereocenters. The number of carbonyl (C=O) groups excluding carboxylic acids is 1. The van der Waals surface area contributed by atoms with Crippen molar-refractivity contribution in [1.29, 1.82) is 0 Å². The Balaban J connectivity index is 0.00000363. The molecule has 1 aliphatic rings. The van der Waals surface area contributed by atoms with Crippen molar-refractivity contribution in [3.8, 4) is 5.75 Å². The van der Waals surface area contributed by atoms with Crippen LogP contribution >= 0.6 is 24.0 Å². The molecule has 1 amide bonds. The van der Waals surface area contributed by atoms with Crippen LogP contribution in [0.2, 0.25) is 0 Å². The molecule has 10 heteroatoms. The first kappa shape index (κ1) is 25.6.